The van der Waals surface area contributed by atoms with E-state index in [0.29, 0.717) is 0 Å². The lowest BCUT2D eigenvalue weighted by atomic mass is 10.1. The maximum atomic E-state index is 12.0. The van der Waals surface area contributed by atoms with Crippen molar-refractivity contribution in [3.63, 3.8) is 0 Å². The number of nitrogens with zero attached hydrogens (tertiary/aromatic N) is 2. The van der Waals surface area contributed by atoms with E-state index in [1.54, 1.807) is 0 Å². The third-order valence-corrected chi connectivity index (χ3v) is 3.42. The molecule has 0 aromatic heterocycles. The Balaban J connectivity index is 2.46. The molecule has 1 rings (SSSR count). The van der Waals surface area contributed by atoms with Crippen LogP contribution in [0, 0.1) is 0 Å². The monoisotopic (exact) mass is 300 g/mol. The number of aliphatic carboxylic acids is 1. The van der Waals surface area contributed by atoms with Crippen molar-refractivity contribution >= 4 is 17.9 Å². The number of hydrogen-bond donors (Lipinski definition) is 3. The van der Waals surface area contributed by atoms with Gasteiger partial charge in [-0.3, -0.25) is 9.59 Å². The Morgan fingerprint density at radius 2 is 1.90 bits per heavy atom. The summed E-state index contributed by atoms with van der Waals surface area (Å²) < 4.78 is 0. The van der Waals surface area contributed by atoms with Gasteiger partial charge >= 0.3 is 12.0 Å². The van der Waals surface area contributed by atoms with Crippen LogP contribution >= 0.6 is 0 Å². The van der Waals surface area contributed by atoms with Gasteiger partial charge in [-0.1, -0.05) is 6.92 Å². The van der Waals surface area contributed by atoms with Crippen LogP contribution in [0.5, 0.6) is 0 Å². The van der Waals surface area contributed by atoms with E-state index in [9.17, 15) is 14.4 Å². The summed E-state index contributed by atoms with van der Waals surface area (Å²) >= 11 is 0. The molecular weight excluding hydrogens is 276 g/mol. The molecule has 0 atom stereocenters. The number of urea groups is 1. The zero-order valence-electron chi connectivity index (χ0n) is 12.4. The Hall–Kier alpha value is -1.83. The summed E-state index contributed by atoms with van der Waals surface area (Å²) in [6.07, 6.45) is 2.74. The van der Waals surface area contributed by atoms with Gasteiger partial charge in [0.25, 0.3) is 0 Å². The Morgan fingerprint density at radius 1 is 1.29 bits per heavy atom. The summed E-state index contributed by atoms with van der Waals surface area (Å²) in [6, 6.07) is -0.542. The number of primary amides is 1. The van der Waals surface area contributed by atoms with E-state index in [4.69, 9.17) is 10.8 Å². The van der Waals surface area contributed by atoms with Gasteiger partial charge in [0, 0.05) is 19.1 Å². The first-order valence-electron chi connectivity index (χ1n) is 7.20. The van der Waals surface area contributed by atoms with E-state index in [0.717, 1.165) is 43.8 Å². The molecule has 1 aliphatic rings. The second-order valence-corrected chi connectivity index (χ2v) is 5.28. The number of rotatable bonds is 7. The van der Waals surface area contributed by atoms with Crippen LogP contribution in [-0.2, 0) is 9.59 Å². The van der Waals surface area contributed by atoms with E-state index >= 15 is 0 Å². The van der Waals surface area contributed by atoms with Crippen molar-refractivity contribution in [2.24, 2.45) is 5.73 Å². The molecule has 1 saturated heterocycles. The van der Waals surface area contributed by atoms with E-state index < -0.39 is 31.0 Å². The number of nitrogens with one attached hydrogen (secondary N) is 1. The molecule has 8 heteroatoms. The van der Waals surface area contributed by atoms with Crippen molar-refractivity contribution < 1.29 is 19.5 Å². The molecule has 4 N–H and O–H groups in total. The van der Waals surface area contributed by atoms with Gasteiger partial charge in [0.05, 0.1) is 0 Å². The van der Waals surface area contributed by atoms with Crippen LogP contribution in [0.4, 0.5) is 4.79 Å². The minimum atomic E-state index is -1.18. The van der Waals surface area contributed by atoms with Gasteiger partial charge < -0.3 is 26.0 Å². The van der Waals surface area contributed by atoms with E-state index in [2.05, 4.69) is 17.1 Å². The molecule has 1 fully saturated rings. The molecule has 0 aliphatic carbocycles. The van der Waals surface area contributed by atoms with Gasteiger partial charge in [0.2, 0.25) is 5.91 Å². The number of hydrogen-bond acceptors (Lipinski definition) is 4. The molecule has 0 aromatic carbocycles. The van der Waals surface area contributed by atoms with E-state index in [1.165, 1.54) is 0 Å². The first-order valence-corrected chi connectivity index (χ1v) is 7.20. The first-order chi connectivity index (χ1) is 9.92. The molecule has 0 spiro atoms. The Kier molecular flexibility index (Phi) is 6.93. The van der Waals surface area contributed by atoms with Crippen LogP contribution in [0.25, 0.3) is 0 Å². The first kappa shape index (κ1) is 17.2. The zero-order chi connectivity index (χ0) is 15.8. The van der Waals surface area contributed by atoms with Crippen LogP contribution in [-0.4, -0.2) is 71.6 Å². The highest BCUT2D eigenvalue weighted by Crippen LogP contribution is 2.11. The van der Waals surface area contributed by atoms with E-state index in [-0.39, 0.29) is 6.04 Å². The van der Waals surface area contributed by atoms with E-state index in [1.807, 2.05) is 0 Å². The lowest BCUT2D eigenvalue weighted by molar-refractivity contribution is -0.137. The Morgan fingerprint density at radius 3 is 2.38 bits per heavy atom. The fourth-order valence-corrected chi connectivity index (χ4v) is 2.43. The molecule has 8 nitrogen and oxygen atoms in total. The molecule has 0 unspecified atom stereocenters. The largest absolute Gasteiger partial charge is 0.480 e. The van der Waals surface area contributed by atoms with Crippen molar-refractivity contribution in [1.29, 1.82) is 0 Å². The minimum Gasteiger partial charge on any atom is -0.480 e. The third kappa shape index (κ3) is 6.44. The van der Waals surface area contributed by atoms with Gasteiger partial charge in [-0.05, 0) is 25.8 Å². The maximum Gasteiger partial charge on any atom is 0.323 e. The summed E-state index contributed by atoms with van der Waals surface area (Å²) in [4.78, 5) is 36.9. The second kappa shape index (κ2) is 8.46. The summed E-state index contributed by atoms with van der Waals surface area (Å²) in [5, 5.41) is 11.5. The van der Waals surface area contributed by atoms with Gasteiger partial charge in [0.15, 0.2) is 0 Å². The van der Waals surface area contributed by atoms with Crippen molar-refractivity contribution in [1.82, 2.24) is 15.1 Å². The number of likely N-dealkylation sites (tertiary alicyclic amines) is 1. The normalized spacial score (nSPS) is 16.4. The minimum absolute atomic E-state index is 0.00905. The molecule has 1 heterocycles. The number of carboxylic acids is 1. The summed E-state index contributed by atoms with van der Waals surface area (Å²) in [6.45, 7) is 4.06. The van der Waals surface area contributed by atoms with Gasteiger partial charge in [-0.25, -0.2) is 4.79 Å². The summed E-state index contributed by atoms with van der Waals surface area (Å²) in [5.41, 5.74) is 5.03. The predicted octanol–water partition coefficient (Wildman–Crippen LogP) is -0.558. The number of piperidine rings is 1. The molecule has 0 bridgehead atoms. The smallest absolute Gasteiger partial charge is 0.323 e. The van der Waals surface area contributed by atoms with Crippen molar-refractivity contribution in [2.45, 2.75) is 32.2 Å². The number of amides is 3. The number of carbonyl (C=O) groups excluding carboxylic acids is 2. The quantitative estimate of drug-likeness (QED) is 0.583. The fourth-order valence-electron chi connectivity index (χ4n) is 2.43. The standard InChI is InChI=1S/C13H24N4O4/c1-2-5-16-6-3-10(4-7-16)15-13(21)17(8-11(14)18)9-12(19)20/h10H,2-9H2,1H3,(H2,14,18)(H,15,21)(H,19,20). The lowest BCUT2D eigenvalue weighted by Gasteiger charge is -2.33. The fraction of sp³-hybridized carbons (Fsp3) is 0.769. The molecule has 120 valence electrons. The molecule has 0 radical (unpaired) electrons. The van der Waals surface area contributed by atoms with Gasteiger partial charge in [-0.15, -0.1) is 0 Å². The topological polar surface area (TPSA) is 116 Å². The highest BCUT2D eigenvalue weighted by molar-refractivity contribution is 5.86. The Labute approximate surface area is 124 Å². The van der Waals surface area contributed by atoms with Crippen LogP contribution in [0.15, 0.2) is 0 Å². The number of carboxylic acid groups (broad SMARTS) is 1. The number of carbonyl (C=O) groups is 3. The second-order valence-electron chi connectivity index (χ2n) is 5.28. The van der Waals surface area contributed by atoms with Crippen LogP contribution in [0.3, 0.4) is 0 Å². The average molecular weight is 300 g/mol. The average Bonchev–Trinajstić information content (AvgIpc) is 2.39. The zero-order valence-corrected chi connectivity index (χ0v) is 12.4. The SMILES string of the molecule is CCCN1CCC(NC(=O)N(CC(N)=O)CC(=O)O)CC1. The van der Waals surface area contributed by atoms with Crippen LogP contribution < -0.4 is 11.1 Å². The third-order valence-electron chi connectivity index (χ3n) is 3.42. The number of nitrogens with two attached hydrogens (primary N) is 1. The Bertz CT molecular complexity index is 364. The summed E-state index contributed by atoms with van der Waals surface area (Å²) in [5.74, 6) is -1.91. The van der Waals surface area contributed by atoms with Crippen molar-refractivity contribution in [2.75, 3.05) is 32.7 Å². The molecule has 0 aromatic rings. The maximum absolute atomic E-state index is 12.0. The lowest BCUT2D eigenvalue weighted by Crippen LogP contribution is -2.52. The van der Waals surface area contributed by atoms with Gasteiger partial charge in [-0.2, -0.15) is 0 Å². The predicted molar refractivity (Wildman–Crippen MR) is 76.7 cm³/mol. The highest BCUT2D eigenvalue weighted by atomic mass is 16.4. The molecule has 1 aliphatic heterocycles. The molecule has 3 amide bonds. The summed E-state index contributed by atoms with van der Waals surface area (Å²) in [7, 11) is 0. The molecule has 0 saturated carbocycles. The van der Waals surface area contributed by atoms with Crippen molar-refractivity contribution in [3.05, 3.63) is 0 Å². The highest BCUT2D eigenvalue weighted by Gasteiger charge is 2.24. The molecular formula is C13H24N4O4. The van der Waals surface area contributed by atoms with Crippen LogP contribution in [0.2, 0.25) is 0 Å². The molecule has 21 heavy (non-hydrogen) atoms. The van der Waals surface area contributed by atoms with Crippen molar-refractivity contribution in [3.8, 4) is 0 Å². The van der Waals surface area contributed by atoms with Crippen LogP contribution in [0.1, 0.15) is 26.2 Å². The van der Waals surface area contributed by atoms with Gasteiger partial charge in [0.1, 0.15) is 13.1 Å².